The molecule has 0 aliphatic heterocycles. The van der Waals surface area contributed by atoms with E-state index in [2.05, 4.69) is 38.7 Å². The highest BCUT2D eigenvalue weighted by Crippen LogP contribution is 2.43. The third kappa shape index (κ3) is 5.69. The number of nitrogens with one attached hydrogen (secondary N) is 2. The number of rotatable bonds is 7. The maximum Gasteiger partial charge on any atom is 0.239 e. The number of benzene rings is 1. The van der Waals surface area contributed by atoms with Crippen molar-refractivity contribution in [1.82, 2.24) is 10.6 Å². The number of halogens is 2. The molecule has 0 bridgehead atoms. The summed E-state index contributed by atoms with van der Waals surface area (Å²) >= 11 is 3.51. The smallest absolute Gasteiger partial charge is 0.239 e. The molecule has 0 aromatic heterocycles. The zero-order valence-electron chi connectivity index (χ0n) is 14.7. The average molecular weight is 433 g/mol. The number of nitrogens with two attached hydrogens (primary N) is 1. The monoisotopic (exact) mass is 431 g/mol. The van der Waals surface area contributed by atoms with E-state index in [1.54, 1.807) is 0 Å². The van der Waals surface area contributed by atoms with Crippen molar-refractivity contribution in [2.24, 2.45) is 11.7 Å². The Morgan fingerprint density at radius 3 is 2.48 bits per heavy atom. The zero-order valence-corrected chi connectivity index (χ0v) is 17.1. The number of carbonyl (C=O) groups is 2. The molecule has 7 heteroatoms. The van der Waals surface area contributed by atoms with Crippen LogP contribution in [0.1, 0.15) is 38.7 Å². The van der Waals surface area contributed by atoms with Gasteiger partial charge in [0.1, 0.15) is 0 Å². The van der Waals surface area contributed by atoms with Crippen LogP contribution < -0.4 is 16.4 Å². The third-order valence-electron chi connectivity index (χ3n) is 4.82. The van der Waals surface area contributed by atoms with Crippen LogP contribution >= 0.6 is 28.3 Å². The van der Waals surface area contributed by atoms with E-state index < -0.39 is 6.04 Å². The Hall–Kier alpha value is -1.11. The normalized spacial score (nSPS) is 16.4. The van der Waals surface area contributed by atoms with Gasteiger partial charge < -0.3 is 16.4 Å². The van der Waals surface area contributed by atoms with Crippen LogP contribution in [0.25, 0.3) is 0 Å². The minimum atomic E-state index is -0.586. The number of hydrogen-bond acceptors (Lipinski definition) is 3. The topological polar surface area (TPSA) is 84.2 Å². The van der Waals surface area contributed by atoms with Gasteiger partial charge in [0.15, 0.2) is 0 Å². The molecule has 140 valence electrons. The summed E-state index contributed by atoms with van der Waals surface area (Å²) in [6.07, 6.45) is 3.30. The van der Waals surface area contributed by atoms with Gasteiger partial charge in [-0.25, -0.2) is 0 Å². The first-order chi connectivity index (χ1) is 11.3. The van der Waals surface area contributed by atoms with Crippen LogP contribution in [-0.4, -0.2) is 30.9 Å². The van der Waals surface area contributed by atoms with Gasteiger partial charge in [-0.3, -0.25) is 9.59 Å². The average Bonchev–Trinajstić information content (AvgIpc) is 2.50. The van der Waals surface area contributed by atoms with E-state index in [4.69, 9.17) is 5.73 Å². The van der Waals surface area contributed by atoms with Gasteiger partial charge in [-0.1, -0.05) is 48.3 Å². The SMILES string of the molecule is CC(C)[C@H](N)C(=O)NCC(=O)NCC1(c2cccc(Br)c2)CCC1.Cl. The van der Waals surface area contributed by atoms with E-state index in [1.807, 2.05) is 26.0 Å². The molecule has 0 radical (unpaired) electrons. The van der Waals surface area contributed by atoms with Crippen LogP contribution in [-0.2, 0) is 15.0 Å². The van der Waals surface area contributed by atoms with Crippen molar-refractivity contribution in [3.05, 3.63) is 34.3 Å². The van der Waals surface area contributed by atoms with Gasteiger partial charge in [0.05, 0.1) is 12.6 Å². The minimum Gasteiger partial charge on any atom is -0.354 e. The molecule has 1 aliphatic carbocycles. The van der Waals surface area contributed by atoms with Crippen LogP contribution in [0.5, 0.6) is 0 Å². The lowest BCUT2D eigenvalue weighted by molar-refractivity contribution is -0.127. The summed E-state index contributed by atoms with van der Waals surface area (Å²) in [5.74, 6) is -0.422. The number of carbonyl (C=O) groups excluding carboxylic acids is 2. The van der Waals surface area contributed by atoms with Crippen LogP contribution in [0, 0.1) is 5.92 Å². The van der Waals surface area contributed by atoms with Gasteiger partial charge >= 0.3 is 0 Å². The van der Waals surface area contributed by atoms with E-state index in [0.717, 1.165) is 17.3 Å². The van der Waals surface area contributed by atoms with E-state index in [9.17, 15) is 9.59 Å². The largest absolute Gasteiger partial charge is 0.354 e. The van der Waals surface area contributed by atoms with E-state index in [1.165, 1.54) is 12.0 Å². The molecule has 0 unspecified atom stereocenters. The fourth-order valence-electron chi connectivity index (χ4n) is 2.91. The van der Waals surface area contributed by atoms with Crippen molar-refractivity contribution >= 4 is 40.2 Å². The van der Waals surface area contributed by atoms with Gasteiger partial charge in [0, 0.05) is 16.4 Å². The highest BCUT2D eigenvalue weighted by molar-refractivity contribution is 9.10. The maximum atomic E-state index is 12.0. The summed E-state index contributed by atoms with van der Waals surface area (Å²) in [6, 6.07) is 7.67. The lowest BCUT2D eigenvalue weighted by Crippen LogP contribution is -2.50. The van der Waals surface area contributed by atoms with Crippen LogP contribution in [0.3, 0.4) is 0 Å². The standard InChI is InChI=1S/C18H26BrN3O2.ClH/c1-12(2)16(20)17(24)21-10-15(23)22-11-18(7-4-8-18)13-5-3-6-14(19)9-13;/h3,5-6,9,12,16H,4,7-8,10-11,20H2,1-2H3,(H,21,24)(H,22,23);1H/t16-;/m0./s1. The molecule has 1 fully saturated rings. The molecular formula is C18H27BrClN3O2. The Bertz CT molecular complexity index is 606. The number of hydrogen-bond donors (Lipinski definition) is 3. The molecule has 1 aromatic carbocycles. The molecule has 5 nitrogen and oxygen atoms in total. The third-order valence-corrected chi connectivity index (χ3v) is 5.31. The van der Waals surface area contributed by atoms with E-state index >= 15 is 0 Å². The molecule has 1 aromatic rings. The maximum absolute atomic E-state index is 12.0. The molecule has 0 spiro atoms. The van der Waals surface area contributed by atoms with Gasteiger partial charge in [0.2, 0.25) is 11.8 Å². The molecule has 0 saturated heterocycles. The second-order valence-corrected chi connectivity index (χ2v) is 7.82. The first-order valence-electron chi connectivity index (χ1n) is 8.40. The fourth-order valence-corrected chi connectivity index (χ4v) is 3.31. The minimum absolute atomic E-state index is 0. The van der Waals surface area contributed by atoms with Crippen molar-refractivity contribution in [2.75, 3.05) is 13.1 Å². The molecule has 1 aliphatic rings. The Kier molecular flexibility index (Phi) is 8.38. The first-order valence-corrected chi connectivity index (χ1v) is 9.19. The molecule has 2 rings (SSSR count). The van der Waals surface area contributed by atoms with Crippen molar-refractivity contribution < 1.29 is 9.59 Å². The Balaban J connectivity index is 0.00000312. The Morgan fingerprint density at radius 1 is 1.28 bits per heavy atom. The summed E-state index contributed by atoms with van der Waals surface area (Å²) in [6.45, 7) is 4.31. The van der Waals surface area contributed by atoms with Crippen LogP contribution in [0.2, 0.25) is 0 Å². The predicted octanol–water partition coefficient (Wildman–Crippen LogP) is 2.51. The fraction of sp³-hybridized carbons (Fsp3) is 0.556. The summed E-state index contributed by atoms with van der Waals surface area (Å²) in [5, 5.41) is 5.56. The van der Waals surface area contributed by atoms with Crippen LogP contribution in [0.15, 0.2) is 28.7 Å². The van der Waals surface area contributed by atoms with E-state index in [-0.39, 0.29) is 42.1 Å². The summed E-state index contributed by atoms with van der Waals surface area (Å²) in [7, 11) is 0. The highest BCUT2D eigenvalue weighted by Gasteiger charge is 2.38. The summed E-state index contributed by atoms with van der Waals surface area (Å²) in [5.41, 5.74) is 7.02. The Labute approximate surface area is 164 Å². The van der Waals surface area contributed by atoms with Gasteiger partial charge in [0.25, 0.3) is 0 Å². The zero-order chi connectivity index (χ0) is 17.7. The van der Waals surface area contributed by atoms with Gasteiger partial charge in [-0.15, -0.1) is 12.4 Å². The van der Waals surface area contributed by atoms with E-state index in [0.29, 0.717) is 6.54 Å². The molecule has 1 atom stereocenters. The highest BCUT2D eigenvalue weighted by atomic mass is 79.9. The van der Waals surface area contributed by atoms with Crippen molar-refractivity contribution in [1.29, 1.82) is 0 Å². The second kappa shape index (κ2) is 9.55. The summed E-state index contributed by atoms with van der Waals surface area (Å²) < 4.78 is 1.05. The number of amides is 2. The predicted molar refractivity (Wildman–Crippen MR) is 106 cm³/mol. The van der Waals surface area contributed by atoms with Gasteiger partial charge in [-0.05, 0) is 36.5 Å². The van der Waals surface area contributed by atoms with Gasteiger partial charge in [-0.2, -0.15) is 0 Å². The van der Waals surface area contributed by atoms with Crippen molar-refractivity contribution in [2.45, 2.75) is 44.6 Å². The molecular weight excluding hydrogens is 406 g/mol. The lowest BCUT2D eigenvalue weighted by Gasteiger charge is -2.42. The first kappa shape index (κ1) is 21.9. The van der Waals surface area contributed by atoms with Crippen molar-refractivity contribution in [3.63, 3.8) is 0 Å². The van der Waals surface area contributed by atoms with Crippen LogP contribution in [0.4, 0.5) is 0 Å². The molecule has 1 saturated carbocycles. The molecule has 0 heterocycles. The van der Waals surface area contributed by atoms with Crippen molar-refractivity contribution in [3.8, 4) is 0 Å². The lowest BCUT2D eigenvalue weighted by atomic mass is 9.64. The molecule has 2 amide bonds. The summed E-state index contributed by atoms with van der Waals surface area (Å²) in [4.78, 5) is 23.8. The second-order valence-electron chi connectivity index (χ2n) is 6.91. The molecule has 25 heavy (non-hydrogen) atoms. The molecule has 4 N–H and O–H groups in total. The Morgan fingerprint density at radius 2 is 1.96 bits per heavy atom. The quantitative estimate of drug-likeness (QED) is 0.619.